The fraction of sp³-hybridized carbons (Fsp3) is 0.667. The van der Waals surface area contributed by atoms with Crippen molar-refractivity contribution in [1.29, 1.82) is 0 Å². The van der Waals surface area contributed by atoms with Crippen molar-refractivity contribution in [1.82, 2.24) is 19.9 Å². The summed E-state index contributed by atoms with van der Waals surface area (Å²) in [6, 6.07) is 2.21. The summed E-state index contributed by atoms with van der Waals surface area (Å²) in [7, 11) is -2.01. The van der Waals surface area contributed by atoms with E-state index in [1.54, 1.807) is 4.90 Å². The van der Waals surface area contributed by atoms with E-state index in [0.29, 0.717) is 33.3 Å². The summed E-state index contributed by atoms with van der Waals surface area (Å²) in [6.45, 7) is 11.0. The molecule has 4 heterocycles. The van der Waals surface area contributed by atoms with Gasteiger partial charge in [-0.2, -0.15) is 0 Å². The third kappa shape index (κ3) is 5.20. The maximum absolute atomic E-state index is 15.3. The van der Waals surface area contributed by atoms with Gasteiger partial charge in [-0.15, -0.1) is 0 Å². The van der Waals surface area contributed by atoms with Crippen LogP contribution in [0.3, 0.4) is 0 Å². The molecule has 1 N–H and O–H groups in total. The molecule has 2 aliphatic rings. The molecular formula is C24H34BrClFN5O3SSi. The molecule has 2 aromatic rings. The van der Waals surface area contributed by atoms with E-state index in [1.165, 1.54) is 11.8 Å². The van der Waals surface area contributed by atoms with Crippen LogP contribution in [0.4, 0.5) is 15.0 Å². The van der Waals surface area contributed by atoms with Crippen LogP contribution in [0.5, 0.6) is 0 Å². The number of fused-ring (bicyclic) bond motifs is 3. The first kappa shape index (κ1) is 28.8. The van der Waals surface area contributed by atoms with Crippen LogP contribution in [-0.4, -0.2) is 75.9 Å². The Bertz CT molecular complexity index is 1170. The zero-order valence-electron chi connectivity index (χ0n) is 21.8. The maximum atomic E-state index is 15.3. The number of thioether (sulfide) groups is 1. The van der Waals surface area contributed by atoms with Crippen molar-refractivity contribution in [2.75, 3.05) is 17.2 Å². The van der Waals surface area contributed by atoms with Crippen LogP contribution >= 0.6 is 39.3 Å². The third-order valence-corrected chi connectivity index (χ3v) is 14.3. The SMILES string of the molecule is CCSc1nc(N2C[C@H]3CC[C@@H]([C@H]2[C@H](C)O[Si](CC)(CC)CC)N3C(=O)O)c2c(Br)nc(Cl)c(F)c2n1. The van der Waals surface area contributed by atoms with Crippen LogP contribution in [-0.2, 0) is 4.43 Å². The van der Waals surface area contributed by atoms with Gasteiger partial charge in [0, 0.05) is 6.54 Å². The van der Waals surface area contributed by atoms with Crippen LogP contribution in [0.25, 0.3) is 10.9 Å². The normalized spacial score (nSPS) is 22.6. The number of carbonyl (C=O) groups is 1. The number of pyridine rings is 1. The molecule has 4 rings (SSSR count). The Labute approximate surface area is 236 Å². The number of hydrogen-bond acceptors (Lipinski definition) is 7. The number of amides is 1. The lowest BCUT2D eigenvalue weighted by atomic mass is 9.97. The molecule has 0 aliphatic carbocycles. The van der Waals surface area contributed by atoms with Crippen molar-refractivity contribution < 1.29 is 18.7 Å². The molecule has 4 atom stereocenters. The highest BCUT2D eigenvalue weighted by molar-refractivity contribution is 9.10. The van der Waals surface area contributed by atoms with Gasteiger partial charge in [-0.05, 0) is 59.6 Å². The summed E-state index contributed by atoms with van der Waals surface area (Å²) in [5.41, 5.74) is 0.104. The molecular weight excluding hydrogens is 601 g/mol. The van der Waals surface area contributed by atoms with Crippen LogP contribution < -0.4 is 4.90 Å². The number of aromatic nitrogens is 3. The zero-order chi connectivity index (χ0) is 27.1. The number of halogens is 3. The largest absolute Gasteiger partial charge is 0.465 e. The smallest absolute Gasteiger partial charge is 0.407 e. The Morgan fingerprint density at radius 3 is 2.51 bits per heavy atom. The van der Waals surface area contributed by atoms with E-state index in [0.717, 1.165) is 31.0 Å². The summed E-state index contributed by atoms with van der Waals surface area (Å²) in [4.78, 5) is 29.6. The molecule has 13 heteroatoms. The molecule has 0 saturated carbocycles. The van der Waals surface area contributed by atoms with Gasteiger partial charge in [-0.1, -0.05) is 51.1 Å². The first-order valence-corrected chi connectivity index (χ1v) is 17.6. The van der Waals surface area contributed by atoms with Gasteiger partial charge in [0.05, 0.1) is 29.6 Å². The number of carboxylic acid groups (broad SMARTS) is 1. The quantitative estimate of drug-likeness (QED) is 0.139. The summed E-state index contributed by atoms with van der Waals surface area (Å²) < 4.78 is 22.5. The van der Waals surface area contributed by atoms with Crippen LogP contribution in [0, 0.1) is 5.82 Å². The summed E-state index contributed by atoms with van der Waals surface area (Å²) in [5, 5.41) is 10.7. The van der Waals surface area contributed by atoms with Crippen molar-refractivity contribution in [3.8, 4) is 0 Å². The molecule has 2 aliphatic heterocycles. The van der Waals surface area contributed by atoms with Gasteiger partial charge in [0.15, 0.2) is 24.4 Å². The number of nitrogens with zero attached hydrogens (tertiary/aromatic N) is 5. The Morgan fingerprint density at radius 2 is 1.92 bits per heavy atom. The average Bonchev–Trinajstić information content (AvgIpc) is 3.19. The number of hydrogen-bond donors (Lipinski definition) is 1. The average molecular weight is 635 g/mol. The molecule has 2 bridgehead atoms. The monoisotopic (exact) mass is 633 g/mol. The van der Waals surface area contributed by atoms with Gasteiger partial charge in [-0.25, -0.2) is 24.1 Å². The third-order valence-electron chi connectivity index (χ3n) is 7.99. The van der Waals surface area contributed by atoms with Gasteiger partial charge in [0.2, 0.25) is 0 Å². The molecule has 1 amide bonds. The van der Waals surface area contributed by atoms with Crippen LogP contribution in [0.1, 0.15) is 47.5 Å². The minimum atomic E-state index is -2.01. The number of piperazine rings is 1. The molecule has 0 aromatic carbocycles. The van der Waals surface area contributed by atoms with E-state index in [9.17, 15) is 9.90 Å². The lowest BCUT2D eigenvalue weighted by molar-refractivity contribution is 0.0662. The van der Waals surface area contributed by atoms with Gasteiger partial charge in [-0.3, -0.25) is 4.90 Å². The van der Waals surface area contributed by atoms with E-state index in [-0.39, 0.29) is 34.9 Å². The van der Waals surface area contributed by atoms with Gasteiger partial charge >= 0.3 is 6.09 Å². The lowest BCUT2D eigenvalue weighted by Gasteiger charge is -2.50. The second kappa shape index (κ2) is 11.5. The highest BCUT2D eigenvalue weighted by Crippen LogP contribution is 2.43. The molecule has 204 valence electrons. The van der Waals surface area contributed by atoms with Crippen molar-refractivity contribution in [3.05, 3.63) is 15.6 Å². The Morgan fingerprint density at radius 1 is 1.24 bits per heavy atom. The highest BCUT2D eigenvalue weighted by Gasteiger charge is 2.52. The van der Waals surface area contributed by atoms with E-state index in [4.69, 9.17) is 21.0 Å². The molecule has 0 radical (unpaired) electrons. The minimum Gasteiger partial charge on any atom is -0.465 e. The number of rotatable bonds is 9. The topological polar surface area (TPSA) is 91.7 Å². The first-order chi connectivity index (χ1) is 17.6. The van der Waals surface area contributed by atoms with Crippen molar-refractivity contribution in [3.63, 3.8) is 0 Å². The highest BCUT2D eigenvalue weighted by atomic mass is 79.9. The molecule has 0 unspecified atom stereocenters. The molecule has 2 aromatic heterocycles. The van der Waals surface area contributed by atoms with Gasteiger partial charge in [0.25, 0.3) is 0 Å². The van der Waals surface area contributed by atoms with Crippen molar-refractivity contribution in [2.24, 2.45) is 0 Å². The zero-order valence-corrected chi connectivity index (χ0v) is 26.0. The van der Waals surface area contributed by atoms with Gasteiger partial charge in [0.1, 0.15) is 15.9 Å². The summed E-state index contributed by atoms with van der Waals surface area (Å²) in [6.07, 6.45) is 0.330. The predicted molar refractivity (Wildman–Crippen MR) is 152 cm³/mol. The van der Waals surface area contributed by atoms with Crippen LogP contribution in [0.2, 0.25) is 23.3 Å². The molecule has 37 heavy (non-hydrogen) atoms. The second-order valence-corrected chi connectivity index (χ2v) is 16.8. The second-order valence-electron chi connectivity index (χ2n) is 9.69. The fourth-order valence-electron chi connectivity index (χ4n) is 6.01. The molecule has 2 saturated heterocycles. The van der Waals surface area contributed by atoms with E-state index in [2.05, 4.69) is 58.5 Å². The van der Waals surface area contributed by atoms with Crippen molar-refractivity contribution in [2.45, 2.75) is 95.0 Å². The van der Waals surface area contributed by atoms with E-state index < -0.39 is 20.2 Å². The Kier molecular flexibility index (Phi) is 8.94. The fourth-order valence-corrected chi connectivity index (χ4v) is 10.3. The Balaban J connectivity index is 1.91. The maximum Gasteiger partial charge on any atom is 0.407 e. The van der Waals surface area contributed by atoms with Gasteiger partial charge < -0.3 is 14.4 Å². The predicted octanol–water partition coefficient (Wildman–Crippen LogP) is 6.80. The van der Waals surface area contributed by atoms with Crippen LogP contribution in [0.15, 0.2) is 9.76 Å². The standard InChI is InChI=1S/C24H34BrClFN5O3SSi/c1-6-36-23-28-18-16(20(25)29-21(26)17(18)27)22(30-23)31-12-14-10-11-15(32(14)24(33)34)19(31)13(5)35-37(7-2,8-3)9-4/h13-15,19H,6-12H2,1-5H3,(H,33,34)/t13-,14+,15-,19+/m0/s1. The summed E-state index contributed by atoms with van der Waals surface area (Å²) in [5.74, 6) is 0.560. The van der Waals surface area contributed by atoms with E-state index >= 15 is 4.39 Å². The molecule has 8 nitrogen and oxygen atoms in total. The summed E-state index contributed by atoms with van der Waals surface area (Å²) >= 11 is 11.0. The molecule has 2 fully saturated rings. The minimum absolute atomic E-state index is 0.104. The first-order valence-electron chi connectivity index (χ1n) is 12.9. The number of anilines is 1. The molecule has 0 spiro atoms. The lowest BCUT2D eigenvalue weighted by Crippen LogP contribution is -2.65. The van der Waals surface area contributed by atoms with E-state index in [1.807, 2.05) is 6.92 Å². The van der Waals surface area contributed by atoms with Crippen molar-refractivity contribution >= 4 is 70.4 Å². The Hall–Kier alpha value is -1.21.